The van der Waals surface area contributed by atoms with Crippen molar-refractivity contribution in [2.75, 3.05) is 19.6 Å². The average molecular weight is 289 g/mol. The van der Waals surface area contributed by atoms with Crippen molar-refractivity contribution in [2.45, 2.75) is 19.4 Å². The molecule has 4 heteroatoms. The predicted molar refractivity (Wildman–Crippen MR) is 69.1 cm³/mol. The summed E-state index contributed by atoms with van der Waals surface area (Å²) in [5, 5.41) is 0. The van der Waals surface area contributed by atoms with Gasteiger partial charge in [0.25, 0.3) is 0 Å². The Morgan fingerprint density at radius 1 is 1.53 bits per heavy atom. The molecule has 0 amide bonds. The fraction of sp³-hybridized carbons (Fsp3) is 0.636. The summed E-state index contributed by atoms with van der Waals surface area (Å²) < 4.78 is 1.23. The molecule has 2 nitrogen and oxygen atoms in total. The lowest BCUT2D eigenvalue weighted by molar-refractivity contribution is 0.172. The number of hydrogen-bond donors (Lipinski definition) is 1. The van der Waals surface area contributed by atoms with Crippen molar-refractivity contribution in [1.29, 1.82) is 0 Å². The molecule has 0 unspecified atom stereocenters. The van der Waals surface area contributed by atoms with Crippen LogP contribution >= 0.6 is 27.3 Å². The van der Waals surface area contributed by atoms with E-state index in [1.165, 1.54) is 34.6 Å². The molecule has 15 heavy (non-hydrogen) atoms. The zero-order chi connectivity index (χ0) is 10.7. The summed E-state index contributed by atoms with van der Waals surface area (Å²) in [5.41, 5.74) is 5.73. The third-order valence-electron chi connectivity index (χ3n) is 2.94. The van der Waals surface area contributed by atoms with Gasteiger partial charge < -0.3 is 5.73 Å². The van der Waals surface area contributed by atoms with Gasteiger partial charge in [-0.15, -0.1) is 11.3 Å². The van der Waals surface area contributed by atoms with Crippen LogP contribution in [0.5, 0.6) is 0 Å². The minimum absolute atomic E-state index is 0.710. The molecule has 0 spiro atoms. The van der Waals surface area contributed by atoms with E-state index in [0.29, 0.717) is 5.92 Å². The van der Waals surface area contributed by atoms with E-state index in [4.69, 9.17) is 5.73 Å². The average Bonchev–Trinajstić information content (AvgIpc) is 2.64. The molecule has 0 aliphatic carbocycles. The third kappa shape index (κ3) is 3.28. The van der Waals surface area contributed by atoms with Crippen LogP contribution in [0.1, 0.15) is 17.7 Å². The van der Waals surface area contributed by atoms with Gasteiger partial charge in [-0.1, -0.05) is 0 Å². The van der Waals surface area contributed by atoms with Crippen LogP contribution < -0.4 is 5.73 Å². The summed E-state index contributed by atoms with van der Waals surface area (Å²) in [6.07, 6.45) is 2.61. The largest absolute Gasteiger partial charge is 0.330 e. The Bertz CT molecular complexity index is 313. The highest BCUT2D eigenvalue weighted by Gasteiger charge is 2.18. The van der Waals surface area contributed by atoms with E-state index in [-0.39, 0.29) is 0 Å². The highest BCUT2D eigenvalue weighted by Crippen LogP contribution is 2.25. The van der Waals surface area contributed by atoms with E-state index in [1.807, 2.05) is 11.3 Å². The molecule has 1 atom stereocenters. The van der Waals surface area contributed by atoms with Gasteiger partial charge in [0.2, 0.25) is 0 Å². The molecule has 2 N–H and O–H groups in total. The first kappa shape index (κ1) is 11.6. The van der Waals surface area contributed by atoms with Crippen LogP contribution in [-0.2, 0) is 6.54 Å². The summed E-state index contributed by atoms with van der Waals surface area (Å²) in [6, 6.07) is 4.34. The van der Waals surface area contributed by atoms with E-state index >= 15 is 0 Å². The quantitative estimate of drug-likeness (QED) is 0.927. The van der Waals surface area contributed by atoms with Crippen molar-refractivity contribution >= 4 is 27.3 Å². The second-order valence-electron chi connectivity index (χ2n) is 4.18. The van der Waals surface area contributed by atoms with Gasteiger partial charge in [0.1, 0.15) is 0 Å². The Morgan fingerprint density at radius 3 is 3.07 bits per heavy atom. The standard InChI is InChI=1S/C11H17BrN2S/c12-11-4-3-10(15-11)8-14-5-1-2-9(6-13)7-14/h3-4,9H,1-2,5-8,13H2/t9-/m1/s1. The summed E-state index contributed by atoms with van der Waals surface area (Å²) in [4.78, 5) is 3.97. The molecular weight excluding hydrogens is 272 g/mol. The zero-order valence-corrected chi connectivity index (χ0v) is 11.2. The van der Waals surface area contributed by atoms with Gasteiger partial charge in [-0.25, -0.2) is 0 Å². The van der Waals surface area contributed by atoms with E-state index in [9.17, 15) is 0 Å². The van der Waals surface area contributed by atoms with Gasteiger partial charge in [0.05, 0.1) is 3.79 Å². The van der Waals surface area contributed by atoms with Gasteiger partial charge in [0, 0.05) is 18.0 Å². The molecule has 1 fully saturated rings. The SMILES string of the molecule is NC[C@H]1CCCN(Cc2ccc(Br)s2)C1. The molecule has 0 radical (unpaired) electrons. The number of nitrogens with zero attached hydrogens (tertiary/aromatic N) is 1. The molecule has 2 heterocycles. The highest BCUT2D eigenvalue weighted by atomic mass is 79.9. The van der Waals surface area contributed by atoms with E-state index < -0.39 is 0 Å². The second-order valence-corrected chi connectivity index (χ2v) is 6.73. The summed E-state index contributed by atoms with van der Waals surface area (Å²) in [5.74, 6) is 0.710. The number of likely N-dealkylation sites (tertiary alicyclic amines) is 1. The first-order valence-electron chi connectivity index (χ1n) is 5.44. The number of hydrogen-bond acceptors (Lipinski definition) is 3. The fourth-order valence-electron chi connectivity index (χ4n) is 2.14. The van der Waals surface area contributed by atoms with Crippen LogP contribution in [0.4, 0.5) is 0 Å². The zero-order valence-electron chi connectivity index (χ0n) is 8.79. The van der Waals surface area contributed by atoms with Crippen LogP contribution in [0, 0.1) is 5.92 Å². The molecule has 0 aromatic carbocycles. The maximum Gasteiger partial charge on any atom is 0.0701 e. The van der Waals surface area contributed by atoms with Crippen molar-refractivity contribution in [2.24, 2.45) is 11.7 Å². The van der Waals surface area contributed by atoms with Crippen molar-refractivity contribution in [3.63, 3.8) is 0 Å². The van der Waals surface area contributed by atoms with Crippen LogP contribution in [0.2, 0.25) is 0 Å². The number of piperidine rings is 1. The monoisotopic (exact) mass is 288 g/mol. The van der Waals surface area contributed by atoms with Crippen molar-refractivity contribution in [3.8, 4) is 0 Å². The van der Waals surface area contributed by atoms with Gasteiger partial charge in [0.15, 0.2) is 0 Å². The van der Waals surface area contributed by atoms with Gasteiger partial charge in [-0.3, -0.25) is 4.90 Å². The lowest BCUT2D eigenvalue weighted by Gasteiger charge is -2.31. The molecule has 0 bridgehead atoms. The minimum atomic E-state index is 0.710. The van der Waals surface area contributed by atoms with E-state index in [0.717, 1.165) is 13.1 Å². The normalized spacial score (nSPS) is 23.2. The Labute approximate surface area is 104 Å². The summed E-state index contributed by atoms with van der Waals surface area (Å²) in [7, 11) is 0. The molecule has 0 saturated carbocycles. The Morgan fingerprint density at radius 2 is 2.40 bits per heavy atom. The maximum absolute atomic E-state index is 5.73. The van der Waals surface area contributed by atoms with Crippen LogP contribution in [-0.4, -0.2) is 24.5 Å². The molecule has 1 aromatic rings. The topological polar surface area (TPSA) is 29.3 Å². The maximum atomic E-state index is 5.73. The van der Waals surface area contributed by atoms with Crippen LogP contribution in [0.3, 0.4) is 0 Å². The number of halogens is 1. The molecular formula is C11H17BrN2S. The van der Waals surface area contributed by atoms with Crippen molar-refractivity contribution in [3.05, 3.63) is 20.8 Å². The first-order chi connectivity index (χ1) is 7.28. The van der Waals surface area contributed by atoms with E-state index in [2.05, 4.69) is 33.0 Å². The lowest BCUT2D eigenvalue weighted by atomic mass is 9.98. The van der Waals surface area contributed by atoms with Crippen LogP contribution in [0.15, 0.2) is 15.9 Å². The summed E-state index contributed by atoms with van der Waals surface area (Å²) >= 11 is 5.34. The molecule has 84 valence electrons. The first-order valence-corrected chi connectivity index (χ1v) is 7.05. The van der Waals surface area contributed by atoms with Crippen LogP contribution in [0.25, 0.3) is 0 Å². The smallest absolute Gasteiger partial charge is 0.0701 e. The van der Waals surface area contributed by atoms with Gasteiger partial charge in [-0.05, 0) is 59.9 Å². The molecule has 1 aliphatic rings. The molecule has 2 rings (SSSR count). The van der Waals surface area contributed by atoms with Gasteiger partial charge >= 0.3 is 0 Å². The second kappa shape index (κ2) is 5.43. The Kier molecular flexibility index (Phi) is 4.20. The van der Waals surface area contributed by atoms with Gasteiger partial charge in [-0.2, -0.15) is 0 Å². The third-order valence-corrected chi connectivity index (χ3v) is 4.55. The summed E-state index contributed by atoms with van der Waals surface area (Å²) in [6.45, 7) is 4.33. The number of nitrogens with two attached hydrogens (primary N) is 1. The fourth-order valence-corrected chi connectivity index (χ4v) is 3.67. The lowest BCUT2D eigenvalue weighted by Crippen LogP contribution is -2.37. The Balaban J connectivity index is 1.88. The highest BCUT2D eigenvalue weighted by molar-refractivity contribution is 9.11. The minimum Gasteiger partial charge on any atom is -0.330 e. The molecule has 1 aromatic heterocycles. The Hall–Kier alpha value is 0.1000. The number of rotatable bonds is 3. The molecule has 1 aliphatic heterocycles. The van der Waals surface area contributed by atoms with Crippen molar-refractivity contribution in [1.82, 2.24) is 4.90 Å². The van der Waals surface area contributed by atoms with E-state index in [1.54, 1.807) is 0 Å². The number of thiophene rings is 1. The predicted octanol–water partition coefficient (Wildman–Crippen LogP) is 2.68. The van der Waals surface area contributed by atoms with Crippen molar-refractivity contribution < 1.29 is 0 Å². The molecule has 1 saturated heterocycles.